The predicted octanol–water partition coefficient (Wildman–Crippen LogP) is -3.57. The van der Waals surface area contributed by atoms with E-state index in [-0.39, 0.29) is 29.6 Å². The number of hydrogen-bond acceptors (Lipinski definition) is 3. The zero-order valence-electron chi connectivity index (χ0n) is 5.03. The fourth-order valence-electron chi connectivity index (χ4n) is 0. The molecular weight excluding hydrogens is 159 g/mol. The Morgan fingerprint density at radius 3 is 1.67 bits per heavy atom. The van der Waals surface area contributed by atoms with Crippen molar-refractivity contribution in [1.29, 1.82) is 0 Å². The molecule has 5 nitrogen and oxygen atoms in total. The molecule has 0 aliphatic carbocycles. The smallest absolute Gasteiger partial charge is 0.750 e. The molecule has 1 unspecified atom stereocenters. The maximum atomic E-state index is 9.00. The topological polar surface area (TPSA) is 97.7 Å². The largest absolute Gasteiger partial charge is 1.00 e. The molecule has 0 bridgehead atoms. The first-order chi connectivity index (χ1) is 3.46. The second-order valence-electron chi connectivity index (χ2n) is 0.736. The van der Waals surface area contributed by atoms with E-state index in [1.165, 1.54) is 0 Å². The van der Waals surface area contributed by atoms with Gasteiger partial charge in [0.2, 0.25) is 0 Å². The van der Waals surface area contributed by atoms with Gasteiger partial charge in [0.25, 0.3) is 5.97 Å². The molecule has 0 saturated carbocycles. The molecule has 0 heterocycles. The molecule has 0 aromatic rings. The molecule has 2 N–H and O–H groups in total. The molecule has 0 aromatic carbocycles. The standard InChI is InChI=1S/C2H4O2.Na.H2O3S/c1-2(3)4;;1-4(2)3/h1H3,(H,3,4);;(H2,1,2,3)/q;+1;/p-1. The number of carboxylic acid groups (broad SMARTS) is 1. The molecule has 0 aliphatic rings. The van der Waals surface area contributed by atoms with E-state index in [0.29, 0.717) is 0 Å². The normalized spacial score (nSPS) is 9.67. The maximum Gasteiger partial charge on any atom is 1.00 e. The van der Waals surface area contributed by atoms with Crippen LogP contribution in [-0.4, -0.2) is 24.4 Å². The Balaban J connectivity index is -0.0000000720. The Morgan fingerprint density at radius 2 is 1.67 bits per heavy atom. The van der Waals surface area contributed by atoms with Crippen LogP contribution in [0.4, 0.5) is 0 Å². The summed E-state index contributed by atoms with van der Waals surface area (Å²) in [4.78, 5) is 9.00. The van der Waals surface area contributed by atoms with Gasteiger partial charge >= 0.3 is 29.6 Å². The predicted molar refractivity (Wildman–Crippen MR) is 24.9 cm³/mol. The molecule has 7 heteroatoms. The van der Waals surface area contributed by atoms with E-state index in [1.807, 2.05) is 0 Å². The van der Waals surface area contributed by atoms with Crippen LogP contribution in [0.3, 0.4) is 0 Å². The van der Waals surface area contributed by atoms with E-state index in [1.54, 1.807) is 0 Å². The second kappa shape index (κ2) is 11.4. The summed E-state index contributed by atoms with van der Waals surface area (Å²) >= 11 is -2.86. The minimum Gasteiger partial charge on any atom is -0.750 e. The van der Waals surface area contributed by atoms with Gasteiger partial charge in [0.05, 0.1) is 11.4 Å². The molecule has 1 atom stereocenters. The molecule has 0 radical (unpaired) electrons. The summed E-state index contributed by atoms with van der Waals surface area (Å²) in [6.07, 6.45) is 0. The second-order valence-corrected chi connectivity index (χ2v) is 1.17. The first-order valence-corrected chi connectivity index (χ1v) is 2.48. The van der Waals surface area contributed by atoms with Crippen molar-refractivity contribution < 1.29 is 52.8 Å². The Bertz CT molecular complexity index is 73.0. The maximum absolute atomic E-state index is 9.00. The fraction of sp³-hybridized carbons (Fsp3) is 0.500. The summed E-state index contributed by atoms with van der Waals surface area (Å²) in [6.45, 7) is 1.08. The zero-order chi connectivity index (χ0) is 7.15. The quantitative estimate of drug-likeness (QED) is 0.285. The van der Waals surface area contributed by atoms with Gasteiger partial charge in [-0.1, -0.05) is 0 Å². The summed E-state index contributed by atoms with van der Waals surface area (Å²) in [5.41, 5.74) is 0. The molecule has 0 saturated heterocycles. The molecule has 0 aliphatic heterocycles. The third-order valence-corrected chi connectivity index (χ3v) is 0. The van der Waals surface area contributed by atoms with Crippen LogP contribution in [0.5, 0.6) is 0 Å². The van der Waals surface area contributed by atoms with Crippen molar-refractivity contribution in [3.05, 3.63) is 0 Å². The first-order valence-electron chi connectivity index (χ1n) is 1.44. The van der Waals surface area contributed by atoms with Crippen LogP contribution in [0.1, 0.15) is 6.92 Å². The van der Waals surface area contributed by atoms with Gasteiger partial charge in [-0.05, 0) is 0 Å². The van der Waals surface area contributed by atoms with Crippen molar-refractivity contribution in [2.75, 3.05) is 0 Å². The van der Waals surface area contributed by atoms with Gasteiger partial charge < -0.3 is 14.2 Å². The number of aliphatic carboxylic acids is 1. The van der Waals surface area contributed by atoms with Crippen LogP contribution in [0.25, 0.3) is 0 Å². The van der Waals surface area contributed by atoms with Crippen molar-refractivity contribution in [2.24, 2.45) is 0 Å². The van der Waals surface area contributed by atoms with Gasteiger partial charge in [0, 0.05) is 6.92 Å². The average Bonchev–Trinajstić information content (AvgIpc) is 1.25. The molecule has 0 spiro atoms. The minimum absolute atomic E-state index is 0. The van der Waals surface area contributed by atoms with Gasteiger partial charge in [-0.3, -0.25) is 4.79 Å². The molecule has 50 valence electrons. The molecule has 9 heavy (non-hydrogen) atoms. The molecule has 0 fully saturated rings. The summed E-state index contributed by atoms with van der Waals surface area (Å²) in [6, 6.07) is 0. The summed E-state index contributed by atoms with van der Waals surface area (Å²) in [5, 5.41) is 7.42. The third kappa shape index (κ3) is 1250. The van der Waals surface area contributed by atoms with Gasteiger partial charge in [0.1, 0.15) is 0 Å². The Kier molecular flexibility index (Phi) is 20.5. The molecule has 0 rings (SSSR count). The summed E-state index contributed by atoms with van der Waals surface area (Å²) < 4.78 is 24.1. The van der Waals surface area contributed by atoms with Crippen molar-refractivity contribution in [3.8, 4) is 0 Å². The van der Waals surface area contributed by atoms with Crippen molar-refractivity contribution >= 4 is 17.3 Å². The monoisotopic (exact) mass is 164 g/mol. The van der Waals surface area contributed by atoms with Gasteiger partial charge in [0.15, 0.2) is 0 Å². The Labute approximate surface area is 76.9 Å². The number of carbonyl (C=O) groups is 1. The number of hydrogen-bond donors (Lipinski definition) is 2. The molecule has 0 amide bonds. The third-order valence-electron chi connectivity index (χ3n) is 0. The van der Waals surface area contributed by atoms with E-state index in [2.05, 4.69) is 0 Å². The van der Waals surface area contributed by atoms with E-state index in [4.69, 9.17) is 23.2 Å². The van der Waals surface area contributed by atoms with Crippen LogP contribution in [0.15, 0.2) is 0 Å². The van der Waals surface area contributed by atoms with Crippen LogP contribution in [0, 0.1) is 0 Å². The van der Waals surface area contributed by atoms with E-state index >= 15 is 0 Å². The number of carboxylic acids is 1. The van der Waals surface area contributed by atoms with Gasteiger partial charge in [-0.2, -0.15) is 0 Å². The van der Waals surface area contributed by atoms with Gasteiger partial charge in [-0.15, -0.1) is 0 Å². The van der Waals surface area contributed by atoms with Crippen molar-refractivity contribution in [1.82, 2.24) is 0 Å². The van der Waals surface area contributed by atoms with E-state index in [9.17, 15) is 0 Å². The zero-order valence-corrected chi connectivity index (χ0v) is 7.84. The Morgan fingerprint density at radius 1 is 1.67 bits per heavy atom. The fourth-order valence-corrected chi connectivity index (χ4v) is 0. The van der Waals surface area contributed by atoms with Crippen molar-refractivity contribution in [3.63, 3.8) is 0 Å². The van der Waals surface area contributed by atoms with E-state index < -0.39 is 17.3 Å². The first kappa shape index (κ1) is 16.3. The minimum atomic E-state index is -2.86. The van der Waals surface area contributed by atoms with Crippen molar-refractivity contribution in [2.45, 2.75) is 6.92 Å². The van der Waals surface area contributed by atoms with Crippen LogP contribution in [0.2, 0.25) is 0 Å². The molecular formula is C2H5NaO5S. The van der Waals surface area contributed by atoms with E-state index in [0.717, 1.165) is 6.92 Å². The Hall–Kier alpha value is 0.540. The van der Waals surface area contributed by atoms with Crippen LogP contribution in [-0.2, 0) is 16.2 Å². The summed E-state index contributed by atoms with van der Waals surface area (Å²) in [5.74, 6) is -0.833. The van der Waals surface area contributed by atoms with Gasteiger partial charge in [-0.25, -0.2) is 4.21 Å². The summed E-state index contributed by atoms with van der Waals surface area (Å²) in [7, 11) is 0. The molecule has 0 aromatic heterocycles. The van der Waals surface area contributed by atoms with Crippen LogP contribution < -0.4 is 29.6 Å². The SMILES string of the molecule is CC(=O)O.O=S([O-])O.[Na+]. The number of rotatable bonds is 0. The van der Waals surface area contributed by atoms with Crippen LogP contribution >= 0.6 is 0 Å². The average molecular weight is 164 g/mol.